The van der Waals surface area contributed by atoms with Crippen molar-refractivity contribution in [2.24, 2.45) is 5.92 Å². The minimum absolute atomic E-state index is 0.0720. The predicted molar refractivity (Wildman–Crippen MR) is 151 cm³/mol. The number of carbonyl (C=O) groups is 1. The molecule has 2 aliphatic rings. The van der Waals surface area contributed by atoms with Crippen molar-refractivity contribution in [3.05, 3.63) is 47.3 Å². The van der Waals surface area contributed by atoms with Gasteiger partial charge in [0.15, 0.2) is 5.65 Å². The molecule has 2 atom stereocenters. The van der Waals surface area contributed by atoms with E-state index in [2.05, 4.69) is 66.5 Å². The van der Waals surface area contributed by atoms with E-state index < -0.39 is 0 Å². The van der Waals surface area contributed by atoms with Gasteiger partial charge in [-0.2, -0.15) is 5.10 Å². The molecule has 37 heavy (non-hydrogen) atoms. The second-order valence-corrected chi connectivity index (χ2v) is 11.0. The van der Waals surface area contributed by atoms with E-state index in [1.807, 2.05) is 10.9 Å². The maximum atomic E-state index is 14.1. The second kappa shape index (κ2) is 11.1. The van der Waals surface area contributed by atoms with E-state index in [0.717, 1.165) is 49.2 Å². The number of amides is 1. The molecule has 198 valence electrons. The number of fused-ring (bicyclic) bond motifs is 1. The number of hydrogen-bond donors (Lipinski definition) is 2. The van der Waals surface area contributed by atoms with Crippen molar-refractivity contribution in [2.45, 2.75) is 91.3 Å². The van der Waals surface area contributed by atoms with Gasteiger partial charge >= 0.3 is 0 Å². The molecule has 1 saturated carbocycles. The number of carbonyl (C=O) groups excluding carboxylic acids is 1. The Morgan fingerprint density at radius 3 is 2.54 bits per heavy atom. The fourth-order valence-corrected chi connectivity index (χ4v) is 6.34. The third-order valence-corrected chi connectivity index (χ3v) is 8.56. The van der Waals surface area contributed by atoms with Gasteiger partial charge in [0.25, 0.3) is 5.91 Å². The summed E-state index contributed by atoms with van der Waals surface area (Å²) in [4.78, 5) is 20.9. The van der Waals surface area contributed by atoms with Gasteiger partial charge in [-0.1, -0.05) is 37.5 Å². The van der Waals surface area contributed by atoms with E-state index in [9.17, 15) is 4.79 Å². The summed E-state index contributed by atoms with van der Waals surface area (Å²) in [5, 5.41) is 13.0. The second-order valence-electron chi connectivity index (χ2n) is 11.0. The Kier molecular flexibility index (Phi) is 7.68. The highest BCUT2D eigenvalue weighted by atomic mass is 16.2. The first kappa shape index (κ1) is 25.6. The van der Waals surface area contributed by atoms with Crippen LogP contribution in [0.1, 0.15) is 80.3 Å². The van der Waals surface area contributed by atoms with Gasteiger partial charge in [-0.25, -0.2) is 9.67 Å². The summed E-state index contributed by atoms with van der Waals surface area (Å²) >= 11 is 0. The topological polar surface area (TPSA) is 75.1 Å². The molecule has 2 unspecified atom stereocenters. The van der Waals surface area contributed by atoms with Crippen molar-refractivity contribution >= 4 is 28.3 Å². The minimum atomic E-state index is 0.0720. The van der Waals surface area contributed by atoms with E-state index >= 15 is 0 Å². The number of benzene rings is 1. The van der Waals surface area contributed by atoms with Crippen molar-refractivity contribution in [1.82, 2.24) is 19.7 Å². The van der Waals surface area contributed by atoms with Crippen LogP contribution >= 0.6 is 0 Å². The van der Waals surface area contributed by atoms with E-state index in [4.69, 9.17) is 4.98 Å². The van der Waals surface area contributed by atoms with E-state index in [0.29, 0.717) is 17.5 Å². The quantitative estimate of drug-likeness (QED) is 0.386. The van der Waals surface area contributed by atoms with Crippen molar-refractivity contribution in [2.75, 3.05) is 23.7 Å². The lowest BCUT2D eigenvalue weighted by atomic mass is 9.84. The Morgan fingerprint density at radius 1 is 1.05 bits per heavy atom. The molecule has 1 saturated heterocycles. The molecular weight excluding hydrogens is 460 g/mol. The molecule has 0 radical (unpaired) electrons. The number of aromatic nitrogens is 3. The van der Waals surface area contributed by atoms with Crippen LogP contribution in [0.2, 0.25) is 0 Å². The first-order chi connectivity index (χ1) is 18.0. The third-order valence-electron chi connectivity index (χ3n) is 8.56. The molecule has 5 rings (SSSR count). The molecule has 1 amide bonds. The lowest BCUT2D eigenvalue weighted by Crippen LogP contribution is -2.40. The highest BCUT2D eigenvalue weighted by Gasteiger charge is 2.32. The highest BCUT2D eigenvalue weighted by molar-refractivity contribution is 6.06. The first-order valence-electron chi connectivity index (χ1n) is 14.2. The van der Waals surface area contributed by atoms with Crippen LogP contribution < -0.4 is 10.6 Å². The van der Waals surface area contributed by atoms with Gasteiger partial charge in [-0.05, 0) is 70.4 Å². The highest BCUT2D eigenvalue weighted by Crippen LogP contribution is 2.33. The summed E-state index contributed by atoms with van der Waals surface area (Å²) in [7, 11) is 0. The van der Waals surface area contributed by atoms with E-state index in [-0.39, 0.29) is 11.9 Å². The average Bonchev–Trinajstić information content (AvgIpc) is 3.56. The fourth-order valence-electron chi connectivity index (χ4n) is 6.34. The van der Waals surface area contributed by atoms with Gasteiger partial charge in [0, 0.05) is 43.6 Å². The number of pyridine rings is 1. The summed E-state index contributed by atoms with van der Waals surface area (Å²) in [5.74, 6) is 0.699. The molecule has 2 fully saturated rings. The summed E-state index contributed by atoms with van der Waals surface area (Å²) in [6, 6.07) is 6.81. The van der Waals surface area contributed by atoms with Crippen molar-refractivity contribution in [3.8, 4) is 0 Å². The van der Waals surface area contributed by atoms with Gasteiger partial charge in [0.2, 0.25) is 0 Å². The normalized spacial score (nSPS) is 19.4. The molecule has 2 N–H and O–H groups in total. The first-order valence-corrected chi connectivity index (χ1v) is 14.2. The monoisotopic (exact) mass is 502 g/mol. The molecule has 1 aliphatic carbocycles. The summed E-state index contributed by atoms with van der Waals surface area (Å²) in [6.07, 6.45) is 12.1. The number of rotatable bonds is 8. The van der Waals surface area contributed by atoms with Crippen molar-refractivity contribution in [3.63, 3.8) is 0 Å². The largest absolute Gasteiger partial charge is 0.383 e. The van der Waals surface area contributed by atoms with Crippen LogP contribution in [-0.2, 0) is 6.54 Å². The van der Waals surface area contributed by atoms with E-state index in [1.165, 1.54) is 48.9 Å². The molecule has 3 heterocycles. The maximum Gasteiger partial charge on any atom is 0.257 e. The smallest absolute Gasteiger partial charge is 0.257 e. The van der Waals surface area contributed by atoms with Gasteiger partial charge < -0.3 is 15.5 Å². The third kappa shape index (κ3) is 5.18. The lowest BCUT2D eigenvalue weighted by molar-refractivity contribution is 0.0744. The van der Waals surface area contributed by atoms with Crippen LogP contribution in [0.4, 0.5) is 11.4 Å². The Labute approximate surface area is 221 Å². The van der Waals surface area contributed by atoms with Gasteiger partial charge in [-0.3, -0.25) is 4.79 Å². The standard InChI is InChI=1S/C30H42N6O/c1-5-36-29-25(19-33-36)28(34-22(4)23-13-7-6-8-14-23)26(18-32-29)30(37)35-16-10-15-24(35)17-31-27-20(2)11-9-12-21(27)3/h9,11-12,18-19,22-24,31H,5-8,10,13-17H2,1-4H3,(H,32,34). The average molecular weight is 503 g/mol. The molecule has 0 bridgehead atoms. The Hall–Kier alpha value is -3.09. The van der Waals surface area contributed by atoms with Crippen molar-refractivity contribution < 1.29 is 4.79 Å². The maximum absolute atomic E-state index is 14.1. The molecule has 7 heteroatoms. The number of aryl methyl sites for hydroxylation is 3. The predicted octanol–water partition coefficient (Wildman–Crippen LogP) is 6.17. The molecule has 2 aromatic heterocycles. The van der Waals surface area contributed by atoms with Crippen LogP contribution in [0, 0.1) is 19.8 Å². The van der Waals surface area contributed by atoms with Crippen LogP contribution in [0.3, 0.4) is 0 Å². The van der Waals surface area contributed by atoms with Gasteiger partial charge in [0.05, 0.1) is 22.8 Å². The van der Waals surface area contributed by atoms with Crippen LogP contribution in [0.15, 0.2) is 30.6 Å². The zero-order chi connectivity index (χ0) is 25.9. The molecule has 0 spiro atoms. The Morgan fingerprint density at radius 2 is 1.81 bits per heavy atom. The molecule has 7 nitrogen and oxygen atoms in total. The summed E-state index contributed by atoms with van der Waals surface area (Å²) in [6.45, 7) is 10.9. The van der Waals surface area contributed by atoms with Crippen LogP contribution in [-0.4, -0.2) is 50.7 Å². The zero-order valence-corrected chi connectivity index (χ0v) is 22.9. The zero-order valence-electron chi connectivity index (χ0n) is 22.9. The Bertz CT molecular complexity index is 1220. The fraction of sp³-hybridized carbons (Fsp3) is 0.567. The number of nitrogens with one attached hydrogen (secondary N) is 2. The number of para-hydroxylation sites is 1. The summed E-state index contributed by atoms with van der Waals surface area (Å²) in [5.41, 5.74) is 6.07. The number of nitrogens with zero attached hydrogens (tertiary/aromatic N) is 4. The minimum Gasteiger partial charge on any atom is -0.383 e. The summed E-state index contributed by atoms with van der Waals surface area (Å²) < 4.78 is 1.91. The molecular formula is C30H42N6O. The van der Waals surface area contributed by atoms with Gasteiger partial charge in [-0.15, -0.1) is 0 Å². The SMILES string of the molecule is CCn1ncc2c(NC(C)C3CCCCC3)c(C(=O)N3CCCC3CNc3c(C)cccc3C)cnc21. The van der Waals surface area contributed by atoms with Crippen LogP contribution in [0.5, 0.6) is 0 Å². The number of anilines is 2. The van der Waals surface area contributed by atoms with Crippen LogP contribution in [0.25, 0.3) is 11.0 Å². The molecule has 1 aromatic carbocycles. The Balaban J connectivity index is 1.42. The molecule has 3 aromatic rings. The number of hydrogen-bond acceptors (Lipinski definition) is 5. The lowest BCUT2D eigenvalue weighted by Gasteiger charge is -2.31. The molecule has 1 aliphatic heterocycles. The number of likely N-dealkylation sites (tertiary alicyclic amines) is 1. The van der Waals surface area contributed by atoms with Gasteiger partial charge in [0.1, 0.15) is 0 Å². The van der Waals surface area contributed by atoms with Crippen molar-refractivity contribution in [1.29, 1.82) is 0 Å². The van der Waals surface area contributed by atoms with E-state index in [1.54, 1.807) is 6.20 Å².